The van der Waals surface area contributed by atoms with Gasteiger partial charge < -0.3 is 4.74 Å². The van der Waals surface area contributed by atoms with Crippen molar-refractivity contribution in [1.82, 2.24) is 0 Å². The molecule has 1 aliphatic rings. The Labute approximate surface area is 65.6 Å². The monoisotopic (exact) mass is 140 g/mol. The van der Waals surface area contributed by atoms with E-state index in [1.165, 1.54) is 12.8 Å². The van der Waals surface area contributed by atoms with Gasteiger partial charge in [0.25, 0.3) is 0 Å². The quantitative estimate of drug-likeness (QED) is 0.507. The summed E-state index contributed by atoms with van der Waals surface area (Å²) in [7, 11) is 5.29. The highest BCUT2D eigenvalue weighted by atomic mass is 16.5. The summed E-state index contributed by atoms with van der Waals surface area (Å²) < 4.78 is 4.94. The molecule has 1 unspecified atom stereocenters. The highest BCUT2D eigenvalue weighted by Gasteiger charge is 1.94. The standard InChI is InChI=1S/C4H9B.C4H8O/c1-3-4(2)5;1-2-4-5-3-1/h4H,3H2,1-2H3;1-4H2. The second-order valence-electron chi connectivity index (χ2n) is 2.71. The molecule has 0 aromatic rings. The van der Waals surface area contributed by atoms with E-state index >= 15 is 0 Å². The summed E-state index contributed by atoms with van der Waals surface area (Å²) in [6.07, 6.45) is 3.64. The molecule has 1 rings (SSSR count). The van der Waals surface area contributed by atoms with Crippen LogP contribution in [0.3, 0.4) is 0 Å². The fourth-order valence-corrected chi connectivity index (χ4v) is 0.510. The minimum atomic E-state index is 0.384. The normalized spacial score (nSPS) is 19.4. The van der Waals surface area contributed by atoms with Gasteiger partial charge in [-0.3, -0.25) is 0 Å². The van der Waals surface area contributed by atoms with Crippen molar-refractivity contribution >= 4 is 7.85 Å². The Morgan fingerprint density at radius 1 is 1.40 bits per heavy atom. The van der Waals surface area contributed by atoms with Crippen molar-refractivity contribution in [3.8, 4) is 0 Å². The van der Waals surface area contributed by atoms with Gasteiger partial charge in [-0.15, -0.1) is 0 Å². The molecule has 0 amide bonds. The summed E-state index contributed by atoms with van der Waals surface area (Å²) >= 11 is 0. The molecule has 0 saturated carbocycles. The van der Waals surface area contributed by atoms with E-state index < -0.39 is 0 Å². The predicted molar refractivity (Wildman–Crippen MR) is 45.5 cm³/mol. The van der Waals surface area contributed by atoms with Gasteiger partial charge in [-0.1, -0.05) is 26.1 Å². The molecule has 2 radical (unpaired) electrons. The third-order valence-corrected chi connectivity index (χ3v) is 1.47. The lowest BCUT2D eigenvalue weighted by Gasteiger charge is -1.90. The van der Waals surface area contributed by atoms with Crippen LogP contribution in [0.1, 0.15) is 33.1 Å². The van der Waals surface area contributed by atoms with E-state index in [9.17, 15) is 0 Å². The Hall–Kier alpha value is 0.0249. The number of hydrogen-bond donors (Lipinski definition) is 0. The minimum absolute atomic E-state index is 0.384. The molecule has 0 aliphatic carbocycles. The summed E-state index contributed by atoms with van der Waals surface area (Å²) in [6.45, 7) is 6.07. The smallest absolute Gasteiger partial charge is 0.0695 e. The number of hydrogen-bond acceptors (Lipinski definition) is 1. The zero-order chi connectivity index (χ0) is 7.82. The van der Waals surface area contributed by atoms with Crippen molar-refractivity contribution in [3.05, 3.63) is 0 Å². The van der Waals surface area contributed by atoms with Crippen LogP contribution in [-0.2, 0) is 4.74 Å². The maximum atomic E-state index is 5.29. The van der Waals surface area contributed by atoms with Gasteiger partial charge >= 0.3 is 0 Å². The molecular weight excluding hydrogens is 123 g/mol. The summed E-state index contributed by atoms with van der Waals surface area (Å²) in [6, 6.07) is 0. The molecule has 0 aromatic carbocycles. The summed E-state index contributed by atoms with van der Waals surface area (Å²) in [5.41, 5.74) is 0. The van der Waals surface area contributed by atoms with Crippen molar-refractivity contribution in [3.63, 3.8) is 0 Å². The Morgan fingerprint density at radius 2 is 1.80 bits per heavy atom. The van der Waals surface area contributed by atoms with Crippen molar-refractivity contribution in [1.29, 1.82) is 0 Å². The Kier molecular flexibility index (Phi) is 7.15. The van der Waals surface area contributed by atoms with Crippen molar-refractivity contribution in [2.45, 2.75) is 38.9 Å². The van der Waals surface area contributed by atoms with Crippen LogP contribution in [0.4, 0.5) is 0 Å². The van der Waals surface area contributed by atoms with Crippen LogP contribution in [0.2, 0.25) is 5.82 Å². The molecule has 58 valence electrons. The molecule has 1 saturated heterocycles. The van der Waals surface area contributed by atoms with Crippen LogP contribution in [-0.4, -0.2) is 21.1 Å². The van der Waals surface area contributed by atoms with E-state index in [4.69, 9.17) is 12.6 Å². The van der Waals surface area contributed by atoms with Gasteiger partial charge in [-0.2, -0.15) is 0 Å². The van der Waals surface area contributed by atoms with Crippen LogP contribution >= 0.6 is 0 Å². The van der Waals surface area contributed by atoms with Gasteiger partial charge in [0.15, 0.2) is 0 Å². The van der Waals surface area contributed by atoms with Crippen LogP contribution in [0, 0.1) is 0 Å². The molecule has 1 atom stereocenters. The van der Waals surface area contributed by atoms with E-state index in [0.29, 0.717) is 5.82 Å². The van der Waals surface area contributed by atoms with Crippen molar-refractivity contribution in [2.75, 3.05) is 13.2 Å². The lowest BCUT2D eigenvalue weighted by Crippen LogP contribution is -1.76. The van der Waals surface area contributed by atoms with Gasteiger partial charge in [-0.25, -0.2) is 0 Å². The second kappa shape index (κ2) is 7.14. The molecule has 0 aromatic heterocycles. The maximum Gasteiger partial charge on any atom is 0.0695 e. The van der Waals surface area contributed by atoms with Crippen molar-refractivity contribution in [2.24, 2.45) is 0 Å². The third-order valence-electron chi connectivity index (χ3n) is 1.47. The van der Waals surface area contributed by atoms with E-state index in [0.717, 1.165) is 19.6 Å². The SMILES string of the molecule is C1CCOC1.[B]C(C)CC. The molecule has 0 spiro atoms. The van der Waals surface area contributed by atoms with Gasteiger partial charge in [0.2, 0.25) is 0 Å². The first kappa shape index (κ1) is 10.0. The van der Waals surface area contributed by atoms with E-state index in [-0.39, 0.29) is 0 Å². The average Bonchev–Trinajstić information content (AvgIpc) is 2.43. The molecule has 0 bridgehead atoms. The van der Waals surface area contributed by atoms with E-state index in [1.807, 2.05) is 6.92 Å². The summed E-state index contributed by atoms with van der Waals surface area (Å²) in [4.78, 5) is 0. The Morgan fingerprint density at radius 3 is 1.90 bits per heavy atom. The fraction of sp³-hybridized carbons (Fsp3) is 1.00. The number of rotatable bonds is 1. The second-order valence-corrected chi connectivity index (χ2v) is 2.71. The molecule has 0 N–H and O–H groups in total. The molecule has 1 heterocycles. The van der Waals surface area contributed by atoms with Crippen molar-refractivity contribution < 1.29 is 4.74 Å². The predicted octanol–water partition coefficient (Wildman–Crippen LogP) is 2.17. The average molecular weight is 140 g/mol. The highest BCUT2D eigenvalue weighted by Crippen LogP contribution is 1.98. The fourth-order valence-electron chi connectivity index (χ4n) is 0.510. The largest absolute Gasteiger partial charge is 0.381 e. The summed E-state index contributed by atoms with van der Waals surface area (Å²) in [5, 5.41) is 0. The van der Waals surface area contributed by atoms with Crippen LogP contribution in [0.25, 0.3) is 0 Å². The number of ether oxygens (including phenoxy) is 1. The first-order valence-corrected chi connectivity index (χ1v) is 4.10. The Bertz CT molecular complexity index is 52.7. The first-order chi connectivity index (χ1) is 4.77. The first-order valence-electron chi connectivity index (χ1n) is 4.10. The molecular formula is C8H17BO. The Balaban J connectivity index is 0.000000162. The van der Waals surface area contributed by atoms with Gasteiger partial charge in [0, 0.05) is 13.2 Å². The maximum absolute atomic E-state index is 5.29. The summed E-state index contributed by atoms with van der Waals surface area (Å²) in [5.74, 6) is 0.384. The lowest BCUT2D eigenvalue weighted by molar-refractivity contribution is 0.198. The molecule has 1 fully saturated rings. The molecule has 1 nitrogen and oxygen atoms in total. The van der Waals surface area contributed by atoms with Gasteiger partial charge in [0.1, 0.15) is 0 Å². The zero-order valence-electron chi connectivity index (χ0n) is 7.10. The van der Waals surface area contributed by atoms with Crippen LogP contribution in [0.5, 0.6) is 0 Å². The lowest BCUT2D eigenvalue weighted by atomic mass is 9.88. The molecule has 10 heavy (non-hydrogen) atoms. The van der Waals surface area contributed by atoms with E-state index in [2.05, 4.69) is 6.92 Å². The molecule has 2 heteroatoms. The highest BCUT2D eigenvalue weighted by molar-refractivity contribution is 6.11. The zero-order valence-corrected chi connectivity index (χ0v) is 7.10. The van der Waals surface area contributed by atoms with Gasteiger partial charge in [0.05, 0.1) is 7.85 Å². The van der Waals surface area contributed by atoms with Crippen LogP contribution in [0.15, 0.2) is 0 Å². The topological polar surface area (TPSA) is 9.23 Å². The third kappa shape index (κ3) is 8.02. The van der Waals surface area contributed by atoms with E-state index in [1.54, 1.807) is 0 Å². The molecule has 1 aliphatic heterocycles. The minimum Gasteiger partial charge on any atom is -0.381 e. The van der Waals surface area contributed by atoms with Crippen LogP contribution < -0.4 is 0 Å². The van der Waals surface area contributed by atoms with Gasteiger partial charge in [-0.05, 0) is 12.8 Å².